The second kappa shape index (κ2) is 7.16. The lowest BCUT2D eigenvalue weighted by Crippen LogP contribution is -2.12. The number of aromatic nitrogens is 5. The van der Waals surface area contributed by atoms with Crippen molar-refractivity contribution in [1.29, 1.82) is 0 Å². The van der Waals surface area contributed by atoms with E-state index in [9.17, 15) is 18.0 Å². The van der Waals surface area contributed by atoms with Crippen molar-refractivity contribution in [2.45, 2.75) is 19.6 Å². The summed E-state index contributed by atoms with van der Waals surface area (Å²) in [6.07, 6.45) is -4.67. The summed E-state index contributed by atoms with van der Waals surface area (Å²) in [5, 5.41) is 13.3. The van der Waals surface area contributed by atoms with Crippen LogP contribution in [0, 0.1) is 6.92 Å². The van der Waals surface area contributed by atoms with E-state index in [1.54, 1.807) is 21.9 Å². The Morgan fingerprint density at radius 3 is 2.79 bits per heavy atom. The van der Waals surface area contributed by atoms with Crippen LogP contribution in [0.5, 0.6) is 0 Å². The highest BCUT2D eigenvalue weighted by Gasteiger charge is 2.35. The highest BCUT2D eigenvalue weighted by atomic mass is 35.5. The summed E-state index contributed by atoms with van der Waals surface area (Å²) >= 11 is 7.38. The summed E-state index contributed by atoms with van der Waals surface area (Å²) in [7, 11) is 0. The molecule has 3 heterocycles. The maximum Gasteiger partial charge on any atom is 0.451 e. The van der Waals surface area contributed by atoms with Gasteiger partial charge in [-0.25, -0.2) is 0 Å². The number of aromatic amines is 1. The van der Waals surface area contributed by atoms with E-state index in [0.717, 1.165) is 21.5 Å². The van der Waals surface area contributed by atoms with Gasteiger partial charge in [0.15, 0.2) is 0 Å². The molecule has 0 aliphatic rings. The molecule has 150 valence electrons. The molecular weight excluding hydrogens is 429 g/mol. The van der Waals surface area contributed by atoms with Gasteiger partial charge in [-0.15, -0.1) is 16.4 Å². The van der Waals surface area contributed by atoms with Crippen molar-refractivity contribution >= 4 is 45.0 Å². The van der Waals surface area contributed by atoms with E-state index < -0.39 is 23.9 Å². The van der Waals surface area contributed by atoms with Crippen LogP contribution >= 0.6 is 22.9 Å². The third-order valence-corrected chi connectivity index (χ3v) is 5.60. The van der Waals surface area contributed by atoms with Gasteiger partial charge in [-0.3, -0.25) is 19.9 Å². The average Bonchev–Trinajstić information content (AvgIpc) is 3.34. The number of amides is 1. The summed E-state index contributed by atoms with van der Waals surface area (Å²) in [5.41, 5.74) is 1.60. The van der Waals surface area contributed by atoms with Gasteiger partial charge in [0, 0.05) is 10.4 Å². The number of aryl methyl sites for hydroxylation is 1. The van der Waals surface area contributed by atoms with Crippen molar-refractivity contribution in [3.63, 3.8) is 0 Å². The SMILES string of the molecule is Cc1nn(Cc2ccccc2Cl)c2sc(C(=O)Nc3n[nH]c(C(F)(F)F)n3)cc12. The number of fused-ring (bicyclic) bond motifs is 1. The molecule has 0 fully saturated rings. The first-order valence-electron chi connectivity index (χ1n) is 8.23. The minimum Gasteiger partial charge on any atom is -0.288 e. The number of carbonyl (C=O) groups is 1. The molecule has 12 heteroatoms. The highest BCUT2D eigenvalue weighted by molar-refractivity contribution is 7.20. The van der Waals surface area contributed by atoms with Gasteiger partial charge in [0.2, 0.25) is 11.8 Å². The van der Waals surface area contributed by atoms with Crippen molar-refractivity contribution in [3.8, 4) is 0 Å². The number of H-pyrrole nitrogens is 1. The van der Waals surface area contributed by atoms with Gasteiger partial charge < -0.3 is 0 Å². The number of nitrogens with zero attached hydrogens (tertiary/aromatic N) is 4. The Kier molecular flexibility index (Phi) is 4.79. The fraction of sp³-hybridized carbons (Fsp3) is 0.176. The first-order chi connectivity index (χ1) is 13.7. The van der Waals surface area contributed by atoms with Gasteiger partial charge in [0.05, 0.1) is 17.1 Å². The third-order valence-electron chi connectivity index (χ3n) is 4.09. The van der Waals surface area contributed by atoms with E-state index in [4.69, 9.17) is 11.6 Å². The van der Waals surface area contributed by atoms with Gasteiger partial charge in [0.1, 0.15) is 4.83 Å². The molecule has 29 heavy (non-hydrogen) atoms. The van der Waals surface area contributed by atoms with Crippen LogP contribution in [0.25, 0.3) is 10.2 Å². The highest BCUT2D eigenvalue weighted by Crippen LogP contribution is 2.30. The predicted molar refractivity (Wildman–Crippen MR) is 102 cm³/mol. The second-order valence-electron chi connectivity index (χ2n) is 6.12. The molecular formula is C17H12ClF3N6OS. The maximum atomic E-state index is 12.6. The van der Waals surface area contributed by atoms with Crippen LogP contribution < -0.4 is 5.32 Å². The Labute approximate surface area is 170 Å². The minimum atomic E-state index is -4.67. The monoisotopic (exact) mass is 440 g/mol. The topological polar surface area (TPSA) is 88.5 Å². The standard InChI is InChI=1S/C17H12ClF3N6OS/c1-8-10-6-12(13(28)22-16-23-15(24-25-16)17(19,20)21)29-14(10)27(26-8)7-9-4-2-3-5-11(9)18/h2-6H,7H2,1H3,(H2,22,23,24,25,28). The van der Waals surface area contributed by atoms with Crippen LogP contribution in [0.4, 0.5) is 19.1 Å². The third kappa shape index (κ3) is 3.83. The molecule has 2 N–H and O–H groups in total. The fourth-order valence-electron chi connectivity index (χ4n) is 2.73. The Morgan fingerprint density at radius 1 is 1.34 bits per heavy atom. The molecule has 0 bridgehead atoms. The number of carbonyl (C=O) groups excluding carboxylic acids is 1. The lowest BCUT2D eigenvalue weighted by Gasteiger charge is -2.05. The Hall–Kier alpha value is -2.92. The number of nitrogens with one attached hydrogen (secondary N) is 2. The van der Waals surface area contributed by atoms with E-state index >= 15 is 0 Å². The molecule has 0 saturated carbocycles. The van der Waals surface area contributed by atoms with E-state index in [2.05, 4.69) is 20.5 Å². The number of benzene rings is 1. The van der Waals surface area contributed by atoms with E-state index in [-0.39, 0.29) is 0 Å². The number of hydrogen-bond donors (Lipinski definition) is 2. The van der Waals surface area contributed by atoms with E-state index in [0.29, 0.717) is 16.4 Å². The lowest BCUT2D eigenvalue weighted by atomic mass is 10.2. The second-order valence-corrected chi connectivity index (χ2v) is 7.56. The molecule has 0 atom stereocenters. The quantitative estimate of drug-likeness (QED) is 0.489. The normalized spacial score (nSPS) is 11.9. The molecule has 3 aromatic heterocycles. The molecule has 7 nitrogen and oxygen atoms in total. The average molecular weight is 441 g/mol. The summed E-state index contributed by atoms with van der Waals surface area (Å²) in [5.74, 6) is -2.34. The van der Waals surface area contributed by atoms with Crippen molar-refractivity contribution in [1.82, 2.24) is 25.0 Å². The Balaban J connectivity index is 1.59. The molecule has 0 spiro atoms. The lowest BCUT2D eigenvalue weighted by molar-refractivity contribution is -0.144. The molecule has 0 aliphatic carbocycles. The fourth-order valence-corrected chi connectivity index (χ4v) is 3.98. The van der Waals surface area contributed by atoms with Crippen LogP contribution in [0.15, 0.2) is 30.3 Å². The van der Waals surface area contributed by atoms with E-state index in [1.807, 2.05) is 25.1 Å². The number of halogens is 4. The molecule has 0 aliphatic heterocycles. The van der Waals surface area contributed by atoms with Crippen LogP contribution in [-0.2, 0) is 12.7 Å². The molecule has 4 aromatic rings. The van der Waals surface area contributed by atoms with Gasteiger partial charge >= 0.3 is 6.18 Å². The Morgan fingerprint density at radius 2 is 2.10 bits per heavy atom. The molecule has 1 aromatic carbocycles. The van der Waals surface area contributed by atoms with Crippen molar-refractivity contribution in [2.75, 3.05) is 5.32 Å². The molecule has 0 radical (unpaired) electrons. The van der Waals surface area contributed by atoms with Crippen molar-refractivity contribution in [2.24, 2.45) is 0 Å². The first-order valence-corrected chi connectivity index (χ1v) is 9.43. The largest absolute Gasteiger partial charge is 0.451 e. The number of alkyl halides is 3. The number of anilines is 1. The summed E-state index contributed by atoms with van der Waals surface area (Å²) in [6, 6.07) is 9.00. The smallest absolute Gasteiger partial charge is 0.288 e. The van der Waals surface area contributed by atoms with Gasteiger partial charge in [0.25, 0.3) is 5.91 Å². The minimum absolute atomic E-state index is 0.298. The molecule has 4 rings (SSSR count). The summed E-state index contributed by atoms with van der Waals surface area (Å²) in [4.78, 5) is 16.7. The van der Waals surface area contributed by atoms with Crippen LogP contribution in [0.2, 0.25) is 5.02 Å². The van der Waals surface area contributed by atoms with Gasteiger partial charge in [-0.1, -0.05) is 29.8 Å². The zero-order valence-corrected chi connectivity index (χ0v) is 16.3. The number of rotatable bonds is 4. The predicted octanol–water partition coefficient (Wildman–Crippen LogP) is 4.50. The number of hydrogen-bond acceptors (Lipinski definition) is 5. The first kappa shape index (κ1) is 19.4. The van der Waals surface area contributed by atoms with Crippen molar-refractivity contribution < 1.29 is 18.0 Å². The van der Waals surface area contributed by atoms with Crippen LogP contribution in [-0.4, -0.2) is 30.9 Å². The van der Waals surface area contributed by atoms with E-state index in [1.165, 1.54) is 11.3 Å². The van der Waals surface area contributed by atoms with Crippen molar-refractivity contribution in [3.05, 3.63) is 57.3 Å². The van der Waals surface area contributed by atoms with Crippen LogP contribution in [0.1, 0.15) is 26.8 Å². The molecule has 1 amide bonds. The zero-order chi connectivity index (χ0) is 20.8. The summed E-state index contributed by atoms with van der Waals surface area (Å²) in [6.45, 7) is 2.23. The number of thiophene rings is 1. The Bertz CT molecular complexity index is 1210. The van der Waals surface area contributed by atoms with Gasteiger partial charge in [-0.2, -0.15) is 23.3 Å². The zero-order valence-electron chi connectivity index (χ0n) is 14.7. The van der Waals surface area contributed by atoms with Crippen LogP contribution in [0.3, 0.4) is 0 Å². The molecule has 0 saturated heterocycles. The molecule has 0 unspecified atom stereocenters. The summed E-state index contributed by atoms with van der Waals surface area (Å²) < 4.78 is 39.5. The maximum absolute atomic E-state index is 12.6. The van der Waals surface area contributed by atoms with Gasteiger partial charge in [-0.05, 0) is 24.6 Å².